The third-order valence-electron chi connectivity index (χ3n) is 5.59. The van der Waals surface area contributed by atoms with E-state index in [9.17, 15) is 14.7 Å². The van der Waals surface area contributed by atoms with Crippen LogP contribution in [0.25, 0.3) is 0 Å². The lowest BCUT2D eigenvalue weighted by molar-refractivity contribution is -0.117. The standard InChI is InChI=1S/C27H28N2O4S/c1-14(2)33-21-9-7-8-19(13-21)23-22(24(30)26-17(5)28-18(6)34-26)25(31)27(32)29(23)20-11-15(3)10-16(4)12-20/h7-14,23,31H,1-6H3. The fraction of sp³-hybridized carbons (Fsp3) is 0.296. The van der Waals surface area contributed by atoms with E-state index in [1.807, 2.05) is 77.1 Å². The number of ether oxygens (including phenoxy) is 1. The number of aliphatic hydroxyl groups excluding tert-OH is 1. The van der Waals surface area contributed by atoms with E-state index in [0.717, 1.165) is 16.1 Å². The molecule has 1 aromatic heterocycles. The molecule has 0 saturated carbocycles. The van der Waals surface area contributed by atoms with Crippen LogP contribution in [-0.4, -0.2) is 27.9 Å². The average Bonchev–Trinajstić information content (AvgIpc) is 3.22. The zero-order valence-electron chi connectivity index (χ0n) is 20.2. The molecule has 0 radical (unpaired) electrons. The summed E-state index contributed by atoms with van der Waals surface area (Å²) < 4.78 is 5.88. The van der Waals surface area contributed by atoms with Crippen LogP contribution in [-0.2, 0) is 4.79 Å². The first kappa shape index (κ1) is 23.7. The van der Waals surface area contributed by atoms with Crippen molar-refractivity contribution in [2.45, 2.75) is 53.7 Å². The van der Waals surface area contributed by atoms with Crippen molar-refractivity contribution in [1.82, 2.24) is 4.98 Å². The number of hydrogen-bond acceptors (Lipinski definition) is 6. The van der Waals surface area contributed by atoms with E-state index >= 15 is 0 Å². The van der Waals surface area contributed by atoms with Crippen LogP contribution in [0.3, 0.4) is 0 Å². The van der Waals surface area contributed by atoms with Crippen molar-refractivity contribution in [3.8, 4) is 5.75 Å². The molecule has 0 fully saturated rings. The first-order chi connectivity index (χ1) is 16.1. The minimum absolute atomic E-state index is 0.0381. The van der Waals surface area contributed by atoms with Gasteiger partial charge in [0.05, 0.1) is 33.3 Å². The third kappa shape index (κ3) is 4.35. The average molecular weight is 477 g/mol. The third-order valence-corrected chi connectivity index (χ3v) is 6.66. The number of Topliss-reactive ketones (excluding diaryl/α,β-unsaturated/α-hetero) is 1. The van der Waals surface area contributed by atoms with Gasteiger partial charge in [0.25, 0.3) is 5.91 Å². The molecule has 3 aromatic rings. The molecule has 0 spiro atoms. The topological polar surface area (TPSA) is 79.7 Å². The number of aromatic nitrogens is 1. The summed E-state index contributed by atoms with van der Waals surface area (Å²) in [5, 5.41) is 11.8. The molecular weight excluding hydrogens is 448 g/mol. The molecule has 2 heterocycles. The van der Waals surface area contributed by atoms with Gasteiger partial charge in [-0.3, -0.25) is 14.5 Å². The zero-order chi connectivity index (χ0) is 24.7. The molecular formula is C27H28N2O4S. The van der Waals surface area contributed by atoms with Gasteiger partial charge < -0.3 is 9.84 Å². The van der Waals surface area contributed by atoms with Crippen molar-refractivity contribution >= 4 is 28.7 Å². The van der Waals surface area contributed by atoms with E-state index in [1.165, 1.54) is 16.2 Å². The van der Waals surface area contributed by atoms with Gasteiger partial charge in [-0.25, -0.2) is 4.98 Å². The molecule has 2 aromatic carbocycles. The molecule has 0 saturated heterocycles. The van der Waals surface area contributed by atoms with E-state index in [-0.39, 0.29) is 17.5 Å². The van der Waals surface area contributed by atoms with Crippen LogP contribution < -0.4 is 9.64 Å². The molecule has 1 aliphatic rings. The Labute approximate surface area is 203 Å². The summed E-state index contributed by atoms with van der Waals surface area (Å²) >= 11 is 1.26. The van der Waals surface area contributed by atoms with E-state index in [0.29, 0.717) is 27.6 Å². The van der Waals surface area contributed by atoms with Gasteiger partial charge in [0.2, 0.25) is 5.78 Å². The summed E-state index contributed by atoms with van der Waals surface area (Å²) in [6, 6.07) is 12.3. The van der Waals surface area contributed by atoms with E-state index < -0.39 is 17.7 Å². The first-order valence-corrected chi connectivity index (χ1v) is 12.0. The maximum Gasteiger partial charge on any atom is 0.294 e. The number of carbonyl (C=O) groups excluding carboxylic acids is 2. The zero-order valence-corrected chi connectivity index (χ0v) is 21.0. The summed E-state index contributed by atoms with van der Waals surface area (Å²) in [5.74, 6) is -0.897. The van der Waals surface area contributed by atoms with E-state index in [1.54, 1.807) is 6.92 Å². The normalized spacial score (nSPS) is 16.0. The molecule has 1 atom stereocenters. The van der Waals surface area contributed by atoms with Gasteiger partial charge in [0, 0.05) is 5.69 Å². The van der Waals surface area contributed by atoms with Crippen LogP contribution in [0, 0.1) is 27.7 Å². The fourth-order valence-electron chi connectivity index (χ4n) is 4.40. The Balaban J connectivity index is 1.91. The van der Waals surface area contributed by atoms with Gasteiger partial charge >= 0.3 is 0 Å². The lowest BCUT2D eigenvalue weighted by Gasteiger charge is -2.28. The summed E-state index contributed by atoms with van der Waals surface area (Å²) in [4.78, 5) is 33.5. The summed E-state index contributed by atoms with van der Waals surface area (Å²) in [6.45, 7) is 11.4. The molecule has 7 heteroatoms. The molecule has 34 heavy (non-hydrogen) atoms. The van der Waals surface area contributed by atoms with Gasteiger partial charge in [-0.2, -0.15) is 0 Å². The van der Waals surface area contributed by atoms with Gasteiger partial charge in [-0.15, -0.1) is 11.3 Å². The molecule has 0 bridgehead atoms. The second-order valence-electron chi connectivity index (χ2n) is 8.90. The number of anilines is 1. The van der Waals surface area contributed by atoms with Crippen molar-refractivity contribution in [3.63, 3.8) is 0 Å². The molecule has 4 rings (SSSR count). The number of hydrogen-bond donors (Lipinski definition) is 1. The quantitative estimate of drug-likeness (QED) is 0.445. The fourth-order valence-corrected chi connectivity index (χ4v) is 5.28. The number of amides is 1. The summed E-state index contributed by atoms with van der Waals surface area (Å²) in [5.41, 5.74) is 3.89. The highest BCUT2D eigenvalue weighted by Gasteiger charge is 2.45. The van der Waals surface area contributed by atoms with Crippen LogP contribution in [0.5, 0.6) is 5.75 Å². The number of aryl methyl sites for hydroxylation is 4. The van der Waals surface area contributed by atoms with Crippen molar-refractivity contribution in [3.05, 3.63) is 86.1 Å². The summed E-state index contributed by atoms with van der Waals surface area (Å²) in [6.07, 6.45) is -0.0381. The monoisotopic (exact) mass is 476 g/mol. The van der Waals surface area contributed by atoms with Crippen LogP contribution >= 0.6 is 11.3 Å². The summed E-state index contributed by atoms with van der Waals surface area (Å²) in [7, 11) is 0. The molecule has 6 nitrogen and oxygen atoms in total. The van der Waals surface area contributed by atoms with Crippen molar-refractivity contribution in [2.75, 3.05) is 4.90 Å². The SMILES string of the molecule is Cc1cc(C)cc(N2C(=O)C(O)=C(C(=O)c3sc(C)nc3C)C2c2cccc(OC(C)C)c2)c1. The molecule has 1 amide bonds. The maximum atomic E-state index is 13.7. The molecule has 1 N–H and O–H groups in total. The lowest BCUT2D eigenvalue weighted by atomic mass is 9.94. The van der Waals surface area contributed by atoms with Gasteiger partial charge in [0.1, 0.15) is 5.75 Å². The van der Waals surface area contributed by atoms with E-state index in [2.05, 4.69) is 4.98 Å². The number of ketones is 1. The Bertz CT molecular complexity index is 1300. The van der Waals surface area contributed by atoms with E-state index in [4.69, 9.17) is 4.74 Å². The largest absolute Gasteiger partial charge is 0.503 e. The van der Waals surface area contributed by atoms with Crippen LogP contribution in [0.2, 0.25) is 0 Å². The van der Waals surface area contributed by atoms with Gasteiger partial charge in [0.15, 0.2) is 5.76 Å². The van der Waals surface area contributed by atoms with Crippen molar-refractivity contribution < 1.29 is 19.4 Å². The Morgan fingerprint density at radius 2 is 1.76 bits per heavy atom. The predicted molar refractivity (Wildman–Crippen MR) is 134 cm³/mol. The minimum Gasteiger partial charge on any atom is -0.503 e. The molecule has 1 unspecified atom stereocenters. The number of benzene rings is 2. The number of nitrogens with zero attached hydrogens (tertiary/aromatic N) is 2. The van der Waals surface area contributed by atoms with Gasteiger partial charge in [-0.1, -0.05) is 18.2 Å². The molecule has 0 aliphatic carbocycles. The Hall–Kier alpha value is -3.45. The Kier molecular flexibility index (Phi) is 6.32. The highest BCUT2D eigenvalue weighted by atomic mass is 32.1. The number of thiazole rings is 1. The lowest BCUT2D eigenvalue weighted by Crippen LogP contribution is -2.31. The predicted octanol–water partition coefficient (Wildman–Crippen LogP) is 5.95. The highest BCUT2D eigenvalue weighted by Crippen LogP contribution is 2.43. The molecule has 1 aliphatic heterocycles. The van der Waals surface area contributed by atoms with Crippen LogP contribution in [0.15, 0.2) is 53.8 Å². The number of rotatable bonds is 6. The minimum atomic E-state index is -0.807. The number of aliphatic hydroxyl groups is 1. The maximum absolute atomic E-state index is 13.7. The highest BCUT2D eigenvalue weighted by molar-refractivity contribution is 7.14. The van der Waals surface area contributed by atoms with Crippen LogP contribution in [0.1, 0.15) is 57.0 Å². The van der Waals surface area contributed by atoms with Crippen LogP contribution in [0.4, 0.5) is 5.69 Å². The second kappa shape index (κ2) is 9.06. The Morgan fingerprint density at radius 3 is 2.35 bits per heavy atom. The van der Waals surface area contributed by atoms with Gasteiger partial charge in [-0.05, 0) is 82.5 Å². The van der Waals surface area contributed by atoms with Crippen molar-refractivity contribution in [1.29, 1.82) is 0 Å². The second-order valence-corrected chi connectivity index (χ2v) is 10.1. The Morgan fingerprint density at radius 1 is 1.09 bits per heavy atom. The van der Waals surface area contributed by atoms with Crippen molar-refractivity contribution in [2.24, 2.45) is 0 Å². The molecule has 176 valence electrons. The first-order valence-electron chi connectivity index (χ1n) is 11.2. The smallest absolute Gasteiger partial charge is 0.294 e. The number of carbonyl (C=O) groups is 2.